The van der Waals surface area contributed by atoms with Gasteiger partial charge in [0, 0.05) is 12.2 Å². The smallest absolute Gasteiger partial charge is 0.270 e. The van der Waals surface area contributed by atoms with Crippen molar-refractivity contribution in [2.24, 2.45) is 0 Å². The lowest BCUT2D eigenvalue weighted by molar-refractivity contribution is -0.130. The number of hydrogen-bond donors (Lipinski definition) is 3. The molecule has 4 rings (SSSR count). The van der Waals surface area contributed by atoms with Gasteiger partial charge in [-0.25, -0.2) is 9.97 Å². The molecule has 0 spiro atoms. The minimum Gasteiger partial charge on any atom is -0.381 e. The van der Waals surface area contributed by atoms with Gasteiger partial charge in [0.15, 0.2) is 6.10 Å². The van der Waals surface area contributed by atoms with Crippen LogP contribution in [0.1, 0.15) is 28.9 Å². The van der Waals surface area contributed by atoms with Crippen LogP contribution in [0.3, 0.4) is 0 Å². The molecule has 2 unspecified atom stereocenters. The fourth-order valence-corrected chi connectivity index (χ4v) is 3.19. The number of amides is 2. The van der Waals surface area contributed by atoms with Gasteiger partial charge in [-0.05, 0) is 37.0 Å². The number of aliphatic hydroxyl groups excluding tert-OH is 1. The predicted molar refractivity (Wildman–Crippen MR) is 110 cm³/mol. The first kappa shape index (κ1) is 19.8. The Balaban J connectivity index is 1.54. The molecule has 8 heteroatoms. The Hall–Kier alpha value is -3.52. The molecule has 1 aromatic carbocycles. The van der Waals surface area contributed by atoms with Gasteiger partial charge in [-0.3, -0.25) is 14.2 Å². The summed E-state index contributed by atoms with van der Waals surface area (Å²) in [6, 6.07) is 14.1. The normalized spacial score (nSPS) is 15.2. The fourth-order valence-electron chi connectivity index (χ4n) is 3.19. The molecule has 30 heavy (non-hydrogen) atoms. The summed E-state index contributed by atoms with van der Waals surface area (Å²) >= 11 is 0. The Labute approximate surface area is 174 Å². The van der Waals surface area contributed by atoms with Crippen LogP contribution in [0.5, 0.6) is 0 Å². The maximum atomic E-state index is 13.0. The third kappa shape index (κ3) is 4.72. The summed E-state index contributed by atoms with van der Waals surface area (Å²) in [5.74, 6) is -0.374. The average Bonchev–Trinajstić information content (AvgIpc) is 3.45. The van der Waals surface area contributed by atoms with Crippen molar-refractivity contribution in [1.82, 2.24) is 25.2 Å². The minimum atomic E-state index is -1.37. The van der Waals surface area contributed by atoms with Gasteiger partial charge in [0.25, 0.3) is 11.8 Å². The average molecular weight is 405 g/mol. The van der Waals surface area contributed by atoms with Crippen LogP contribution in [0.4, 0.5) is 0 Å². The van der Waals surface area contributed by atoms with Crippen LogP contribution in [-0.4, -0.2) is 49.6 Å². The summed E-state index contributed by atoms with van der Waals surface area (Å²) < 4.78 is 1.56. The van der Waals surface area contributed by atoms with E-state index in [4.69, 9.17) is 0 Å². The molecule has 2 heterocycles. The van der Waals surface area contributed by atoms with Crippen molar-refractivity contribution in [3.8, 4) is 5.82 Å². The van der Waals surface area contributed by atoms with Crippen LogP contribution < -0.4 is 10.6 Å². The summed E-state index contributed by atoms with van der Waals surface area (Å²) in [5, 5.41) is 16.3. The SMILES string of the molecule is O=C(NC(Cc1ccccc1)C(O)C(=O)NC1CC1)c1cncn1-c1ccccn1. The third-order valence-corrected chi connectivity index (χ3v) is 4.96. The van der Waals surface area contributed by atoms with Gasteiger partial charge < -0.3 is 15.7 Å². The van der Waals surface area contributed by atoms with Crippen LogP contribution in [0.15, 0.2) is 67.3 Å². The van der Waals surface area contributed by atoms with Crippen molar-refractivity contribution in [2.45, 2.75) is 37.5 Å². The molecule has 2 aromatic heterocycles. The highest BCUT2D eigenvalue weighted by molar-refractivity contribution is 5.94. The number of hydrogen-bond acceptors (Lipinski definition) is 5. The van der Waals surface area contributed by atoms with Crippen molar-refractivity contribution >= 4 is 11.8 Å². The zero-order chi connectivity index (χ0) is 20.9. The molecular weight excluding hydrogens is 382 g/mol. The highest BCUT2D eigenvalue weighted by Crippen LogP contribution is 2.19. The zero-order valence-electron chi connectivity index (χ0n) is 16.3. The maximum absolute atomic E-state index is 13.0. The van der Waals surface area contributed by atoms with Crippen LogP contribution in [0.25, 0.3) is 5.82 Å². The number of benzene rings is 1. The number of pyridine rings is 1. The second-order valence-corrected chi connectivity index (χ2v) is 7.33. The monoisotopic (exact) mass is 405 g/mol. The Morgan fingerprint density at radius 2 is 1.90 bits per heavy atom. The molecular formula is C22H23N5O3. The van der Waals surface area contributed by atoms with Gasteiger partial charge >= 0.3 is 0 Å². The van der Waals surface area contributed by atoms with E-state index in [-0.39, 0.29) is 11.7 Å². The van der Waals surface area contributed by atoms with Gasteiger partial charge in [0.05, 0.1) is 12.2 Å². The predicted octanol–water partition coefficient (Wildman–Crippen LogP) is 1.25. The maximum Gasteiger partial charge on any atom is 0.270 e. The summed E-state index contributed by atoms with van der Waals surface area (Å²) in [6.07, 6.45) is 5.32. The summed E-state index contributed by atoms with van der Waals surface area (Å²) in [7, 11) is 0. The largest absolute Gasteiger partial charge is 0.381 e. The molecule has 2 amide bonds. The molecule has 0 radical (unpaired) electrons. The lowest BCUT2D eigenvalue weighted by atomic mass is 10.0. The third-order valence-electron chi connectivity index (χ3n) is 4.96. The van der Waals surface area contributed by atoms with E-state index in [1.807, 2.05) is 36.4 Å². The molecule has 3 N–H and O–H groups in total. The number of rotatable bonds is 8. The summed E-state index contributed by atoms with van der Waals surface area (Å²) in [5.41, 5.74) is 1.17. The van der Waals surface area contributed by atoms with Crippen molar-refractivity contribution in [3.63, 3.8) is 0 Å². The Morgan fingerprint density at radius 3 is 2.60 bits per heavy atom. The highest BCUT2D eigenvalue weighted by atomic mass is 16.3. The van der Waals surface area contributed by atoms with Crippen molar-refractivity contribution in [3.05, 3.63) is 78.5 Å². The molecule has 0 aliphatic heterocycles. The Morgan fingerprint density at radius 1 is 1.13 bits per heavy atom. The van der Waals surface area contributed by atoms with Crippen LogP contribution in [0, 0.1) is 0 Å². The molecule has 1 aliphatic rings. The van der Waals surface area contributed by atoms with Crippen molar-refractivity contribution in [2.75, 3.05) is 0 Å². The lowest BCUT2D eigenvalue weighted by Gasteiger charge is -2.24. The number of imidazole rings is 1. The number of carbonyl (C=O) groups is 2. The second kappa shape index (κ2) is 8.87. The first-order chi connectivity index (χ1) is 14.6. The summed E-state index contributed by atoms with van der Waals surface area (Å²) in [6.45, 7) is 0. The van der Waals surface area contributed by atoms with Crippen LogP contribution in [0.2, 0.25) is 0 Å². The molecule has 0 bridgehead atoms. The molecule has 2 atom stereocenters. The highest BCUT2D eigenvalue weighted by Gasteiger charge is 2.32. The van der Waals surface area contributed by atoms with Crippen LogP contribution in [-0.2, 0) is 11.2 Å². The second-order valence-electron chi connectivity index (χ2n) is 7.33. The van der Waals surface area contributed by atoms with E-state index in [0.717, 1.165) is 18.4 Å². The molecule has 154 valence electrons. The summed E-state index contributed by atoms with van der Waals surface area (Å²) in [4.78, 5) is 33.8. The van der Waals surface area contributed by atoms with E-state index < -0.39 is 24.0 Å². The molecule has 3 aromatic rings. The molecule has 0 saturated heterocycles. The number of aromatic nitrogens is 3. The fraction of sp³-hybridized carbons (Fsp3) is 0.273. The van der Waals surface area contributed by atoms with E-state index in [2.05, 4.69) is 20.6 Å². The van der Waals surface area contributed by atoms with E-state index in [1.165, 1.54) is 12.5 Å². The lowest BCUT2D eigenvalue weighted by Crippen LogP contribution is -2.52. The quantitative estimate of drug-likeness (QED) is 0.523. The minimum absolute atomic E-state index is 0.116. The molecule has 1 fully saturated rings. The van der Waals surface area contributed by atoms with Gasteiger partial charge in [0.1, 0.15) is 17.8 Å². The van der Waals surface area contributed by atoms with Gasteiger partial charge in [-0.1, -0.05) is 36.4 Å². The van der Waals surface area contributed by atoms with Crippen molar-refractivity contribution in [1.29, 1.82) is 0 Å². The Kier molecular flexibility index (Phi) is 5.85. The Bertz CT molecular complexity index is 1000. The van der Waals surface area contributed by atoms with E-state index in [9.17, 15) is 14.7 Å². The molecule has 1 saturated carbocycles. The topological polar surface area (TPSA) is 109 Å². The first-order valence-corrected chi connectivity index (χ1v) is 9.89. The van der Waals surface area contributed by atoms with Gasteiger partial charge in [-0.15, -0.1) is 0 Å². The number of aliphatic hydroxyl groups is 1. The number of nitrogens with one attached hydrogen (secondary N) is 2. The molecule has 1 aliphatic carbocycles. The first-order valence-electron chi connectivity index (χ1n) is 9.89. The van der Waals surface area contributed by atoms with E-state index in [0.29, 0.717) is 12.2 Å². The van der Waals surface area contributed by atoms with Crippen molar-refractivity contribution < 1.29 is 14.7 Å². The number of nitrogens with zero attached hydrogens (tertiary/aromatic N) is 3. The van der Waals surface area contributed by atoms with E-state index >= 15 is 0 Å². The van der Waals surface area contributed by atoms with E-state index in [1.54, 1.807) is 22.9 Å². The molecule has 8 nitrogen and oxygen atoms in total. The van der Waals surface area contributed by atoms with Gasteiger partial charge in [0.2, 0.25) is 0 Å². The van der Waals surface area contributed by atoms with Crippen LogP contribution >= 0.6 is 0 Å². The number of carbonyl (C=O) groups excluding carboxylic acids is 2. The zero-order valence-corrected chi connectivity index (χ0v) is 16.3. The van der Waals surface area contributed by atoms with Gasteiger partial charge in [-0.2, -0.15) is 0 Å². The standard InChI is InChI=1S/C22H23N5O3/c28-20(22(30)25-16-9-10-16)17(12-15-6-2-1-3-7-15)26-21(29)18-13-23-14-27(18)19-8-4-5-11-24-19/h1-8,11,13-14,16-17,20,28H,9-10,12H2,(H,25,30)(H,26,29).